The van der Waals surface area contributed by atoms with Gasteiger partial charge in [0.15, 0.2) is 11.6 Å². The molecule has 1 atom stereocenters. The predicted octanol–water partition coefficient (Wildman–Crippen LogP) is 2.34. The summed E-state index contributed by atoms with van der Waals surface area (Å²) >= 11 is 5.72. The monoisotopic (exact) mass is 408 g/mol. The van der Waals surface area contributed by atoms with Crippen LogP contribution in [0.25, 0.3) is 0 Å². The predicted molar refractivity (Wildman–Crippen MR) is 94.7 cm³/mol. The third kappa shape index (κ3) is 3.61. The van der Waals surface area contributed by atoms with Crippen molar-refractivity contribution in [3.63, 3.8) is 0 Å². The SMILES string of the molecule is O=C([O-])C1CC12CCN(c1nc(OCc3ccc(Cl)cc3F)ncc1F)CC2. The highest BCUT2D eigenvalue weighted by Gasteiger charge is 2.55. The summed E-state index contributed by atoms with van der Waals surface area (Å²) in [4.78, 5) is 20.7. The topological polar surface area (TPSA) is 78.4 Å². The Labute approximate surface area is 165 Å². The van der Waals surface area contributed by atoms with E-state index < -0.39 is 23.5 Å². The van der Waals surface area contributed by atoms with Gasteiger partial charge in [-0.3, -0.25) is 0 Å². The number of aromatic nitrogens is 2. The molecule has 148 valence electrons. The van der Waals surface area contributed by atoms with Crippen molar-refractivity contribution in [2.24, 2.45) is 11.3 Å². The molecule has 1 aromatic carbocycles. The maximum atomic E-state index is 14.2. The van der Waals surface area contributed by atoms with Crippen molar-refractivity contribution >= 4 is 23.4 Å². The lowest BCUT2D eigenvalue weighted by Crippen LogP contribution is -2.38. The largest absolute Gasteiger partial charge is 0.550 e. The lowest BCUT2D eigenvalue weighted by atomic mass is 9.91. The van der Waals surface area contributed by atoms with Gasteiger partial charge < -0.3 is 19.5 Å². The molecule has 1 aliphatic carbocycles. The molecule has 1 unspecified atom stereocenters. The van der Waals surface area contributed by atoms with Crippen LogP contribution in [0.1, 0.15) is 24.8 Å². The first-order valence-corrected chi connectivity index (χ1v) is 9.31. The lowest BCUT2D eigenvalue weighted by Gasteiger charge is -2.34. The number of carboxylic acids is 1. The third-order valence-electron chi connectivity index (χ3n) is 5.61. The summed E-state index contributed by atoms with van der Waals surface area (Å²) in [5.41, 5.74) is 0.0606. The number of benzene rings is 1. The minimum Gasteiger partial charge on any atom is -0.550 e. The Bertz CT molecular complexity index is 919. The van der Waals surface area contributed by atoms with Crippen molar-refractivity contribution in [1.29, 1.82) is 0 Å². The number of carbonyl (C=O) groups excluding carboxylic acids is 1. The average Bonchev–Trinajstić information content (AvgIpc) is 3.37. The number of hydrogen-bond acceptors (Lipinski definition) is 6. The molecule has 2 aliphatic rings. The number of rotatable bonds is 5. The maximum absolute atomic E-state index is 14.2. The van der Waals surface area contributed by atoms with Crippen LogP contribution in [0.4, 0.5) is 14.6 Å². The summed E-state index contributed by atoms with van der Waals surface area (Å²) in [6, 6.07) is 4.15. The van der Waals surface area contributed by atoms with Crippen molar-refractivity contribution in [3.8, 4) is 6.01 Å². The van der Waals surface area contributed by atoms with Gasteiger partial charge in [-0.2, -0.15) is 4.98 Å². The molecule has 6 nitrogen and oxygen atoms in total. The molecule has 1 spiro atoms. The van der Waals surface area contributed by atoms with Gasteiger partial charge in [-0.1, -0.05) is 17.7 Å². The van der Waals surface area contributed by atoms with Gasteiger partial charge in [-0.05, 0) is 36.8 Å². The molecule has 2 fully saturated rings. The molecule has 1 aliphatic heterocycles. The molecule has 1 saturated carbocycles. The smallest absolute Gasteiger partial charge is 0.318 e. The molecule has 0 bridgehead atoms. The van der Waals surface area contributed by atoms with Crippen molar-refractivity contribution in [3.05, 3.63) is 46.6 Å². The van der Waals surface area contributed by atoms with Crippen LogP contribution >= 0.6 is 11.6 Å². The van der Waals surface area contributed by atoms with E-state index in [0.717, 1.165) is 6.20 Å². The number of aliphatic carboxylic acids is 1. The number of piperidine rings is 1. The highest BCUT2D eigenvalue weighted by Crippen LogP contribution is 2.59. The maximum Gasteiger partial charge on any atom is 0.318 e. The van der Waals surface area contributed by atoms with Crippen molar-refractivity contribution in [2.45, 2.75) is 25.9 Å². The minimum atomic E-state index is -1.01. The molecular weight excluding hydrogens is 392 g/mol. The van der Waals surface area contributed by atoms with Gasteiger partial charge in [0.05, 0.1) is 6.20 Å². The van der Waals surface area contributed by atoms with E-state index in [1.807, 2.05) is 0 Å². The van der Waals surface area contributed by atoms with Gasteiger partial charge in [0.25, 0.3) is 0 Å². The number of carboxylic acid groups (broad SMARTS) is 1. The molecule has 0 amide bonds. The van der Waals surface area contributed by atoms with Gasteiger partial charge >= 0.3 is 6.01 Å². The van der Waals surface area contributed by atoms with Gasteiger partial charge in [0.2, 0.25) is 0 Å². The van der Waals surface area contributed by atoms with Crippen molar-refractivity contribution < 1.29 is 23.4 Å². The zero-order valence-electron chi connectivity index (χ0n) is 14.8. The number of ether oxygens (including phenoxy) is 1. The second kappa shape index (κ2) is 7.16. The molecule has 1 saturated heterocycles. The van der Waals surface area contributed by atoms with Crippen LogP contribution in [0.15, 0.2) is 24.4 Å². The van der Waals surface area contributed by atoms with Crippen LogP contribution in [-0.2, 0) is 11.4 Å². The molecular formula is C19H17ClF2N3O3-. The van der Waals surface area contributed by atoms with E-state index in [0.29, 0.717) is 32.4 Å². The highest BCUT2D eigenvalue weighted by molar-refractivity contribution is 6.30. The Balaban J connectivity index is 1.42. The zero-order valence-corrected chi connectivity index (χ0v) is 15.6. The highest BCUT2D eigenvalue weighted by atomic mass is 35.5. The summed E-state index contributed by atoms with van der Waals surface area (Å²) in [5, 5.41) is 11.3. The van der Waals surface area contributed by atoms with E-state index in [1.54, 1.807) is 11.0 Å². The van der Waals surface area contributed by atoms with Crippen LogP contribution in [0.2, 0.25) is 5.02 Å². The van der Waals surface area contributed by atoms with Crippen LogP contribution < -0.4 is 14.7 Å². The first-order chi connectivity index (χ1) is 13.4. The Morgan fingerprint density at radius 1 is 1.32 bits per heavy atom. The Morgan fingerprint density at radius 3 is 2.71 bits per heavy atom. The normalized spacial score (nSPS) is 20.2. The van der Waals surface area contributed by atoms with Crippen LogP contribution in [0.5, 0.6) is 6.01 Å². The summed E-state index contributed by atoms with van der Waals surface area (Å²) in [7, 11) is 0. The second-order valence-corrected chi connectivity index (χ2v) is 7.71. The molecule has 9 heteroatoms. The number of halogens is 3. The van der Waals surface area contributed by atoms with Gasteiger partial charge in [0, 0.05) is 35.6 Å². The summed E-state index contributed by atoms with van der Waals surface area (Å²) in [6.07, 6.45) is 2.92. The van der Waals surface area contributed by atoms with E-state index in [1.165, 1.54) is 12.1 Å². The van der Waals surface area contributed by atoms with Crippen LogP contribution in [-0.4, -0.2) is 29.0 Å². The standard InChI is InChI=1S/C19H18ClF2N3O3/c20-12-2-1-11(14(21)7-12)10-28-18-23-9-15(22)16(24-18)25-5-3-19(4-6-25)8-13(19)17(26)27/h1-2,7,9,13H,3-6,8,10H2,(H,26,27)/p-1. The fourth-order valence-corrected chi connectivity index (χ4v) is 3.97. The van der Waals surface area contributed by atoms with Gasteiger partial charge in [-0.15, -0.1) is 0 Å². The molecule has 0 radical (unpaired) electrons. The van der Waals surface area contributed by atoms with E-state index in [9.17, 15) is 18.7 Å². The molecule has 4 rings (SSSR count). The fraction of sp³-hybridized carbons (Fsp3) is 0.421. The van der Waals surface area contributed by atoms with E-state index >= 15 is 0 Å². The number of hydrogen-bond donors (Lipinski definition) is 0. The van der Waals surface area contributed by atoms with Crippen LogP contribution in [0.3, 0.4) is 0 Å². The number of carbonyl (C=O) groups is 1. The number of nitrogens with zero attached hydrogens (tertiary/aromatic N) is 3. The molecule has 2 aromatic rings. The Kier molecular flexibility index (Phi) is 4.82. The van der Waals surface area contributed by atoms with E-state index in [4.69, 9.17) is 16.3 Å². The third-order valence-corrected chi connectivity index (χ3v) is 5.84. The second-order valence-electron chi connectivity index (χ2n) is 7.27. The molecule has 0 N–H and O–H groups in total. The first-order valence-electron chi connectivity index (χ1n) is 8.93. The van der Waals surface area contributed by atoms with E-state index in [-0.39, 0.29) is 34.4 Å². The lowest BCUT2D eigenvalue weighted by molar-refractivity contribution is -0.309. The first kappa shape index (κ1) is 18.9. The van der Waals surface area contributed by atoms with E-state index in [2.05, 4.69) is 9.97 Å². The van der Waals surface area contributed by atoms with Gasteiger partial charge in [0.1, 0.15) is 12.4 Å². The average molecular weight is 409 g/mol. The molecule has 1 aromatic heterocycles. The summed E-state index contributed by atoms with van der Waals surface area (Å²) in [6.45, 7) is 0.858. The van der Waals surface area contributed by atoms with Crippen LogP contribution in [0, 0.1) is 23.0 Å². The zero-order chi connectivity index (χ0) is 19.9. The Morgan fingerprint density at radius 2 is 2.07 bits per heavy atom. The quantitative estimate of drug-likeness (QED) is 0.755. The summed E-state index contributed by atoms with van der Waals surface area (Å²) < 4.78 is 33.5. The fourth-order valence-electron chi connectivity index (χ4n) is 3.81. The molecule has 28 heavy (non-hydrogen) atoms. The molecule has 2 heterocycles. The summed E-state index contributed by atoms with van der Waals surface area (Å²) in [5.74, 6) is -2.41. The Hall–Kier alpha value is -2.48. The minimum absolute atomic E-state index is 0.0647. The van der Waals surface area contributed by atoms with Gasteiger partial charge in [-0.25, -0.2) is 13.8 Å². The number of anilines is 1. The van der Waals surface area contributed by atoms with Crippen molar-refractivity contribution in [2.75, 3.05) is 18.0 Å². The van der Waals surface area contributed by atoms with Crippen molar-refractivity contribution in [1.82, 2.24) is 9.97 Å².